The SMILES string of the molecule is CCC(CC)O[C@@H]1C=C(C(=O)O)C[C@H](NCc2noc(-c3cc(OC)c(C)c(OC)c3)n2)[C@H]1NC(C)=O. The molecule has 0 saturated carbocycles. The highest BCUT2D eigenvalue weighted by atomic mass is 16.5. The van der Waals surface area contributed by atoms with E-state index in [1.54, 1.807) is 32.4 Å². The largest absolute Gasteiger partial charge is 0.496 e. The van der Waals surface area contributed by atoms with E-state index in [1.165, 1.54) is 6.92 Å². The van der Waals surface area contributed by atoms with Crippen LogP contribution in [0.4, 0.5) is 0 Å². The first-order valence-electron chi connectivity index (χ1n) is 12.4. The maximum atomic E-state index is 12.0. The van der Waals surface area contributed by atoms with Gasteiger partial charge in [0.2, 0.25) is 5.91 Å². The van der Waals surface area contributed by atoms with Gasteiger partial charge in [0, 0.05) is 29.7 Å². The molecule has 1 aromatic heterocycles. The molecule has 0 spiro atoms. The van der Waals surface area contributed by atoms with Crippen LogP contribution in [0.15, 0.2) is 28.3 Å². The van der Waals surface area contributed by atoms with E-state index >= 15 is 0 Å². The van der Waals surface area contributed by atoms with Gasteiger partial charge in [-0.05, 0) is 44.4 Å². The smallest absolute Gasteiger partial charge is 0.331 e. The van der Waals surface area contributed by atoms with Gasteiger partial charge in [0.05, 0.1) is 39.0 Å². The molecule has 1 aliphatic rings. The van der Waals surface area contributed by atoms with Crippen molar-refractivity contribution in [2.45, 2.75) is 77.8 Å². The van der Waals surface area contributed by atoms with Crippen LogP contribution in [0.3, 0.4) is 0 Å². The van der Waals surface area contributed by atoms with Crippen molar-refractivity contribution in [2.75, 3.05) is 14.2 Å². The molecular weight excluding hydrogens is 480 g/mol. The van der Waals surface area contributed by atoms with Crippen LogP contribution >= 0.6 is 0 Å². The molecule has 0 radical (unpaired) electrons. The monoisotopic (exact) mass is 516 g/mol. The normalized spacial score (nSPS) is 19.4. The summed E-state index contributed by atoms with van der Waals surface area (Å²) in [5, 5.41) is 20.0. The van der Waals surface area contributed by atoms with E-state index in [0.717, 1.165) is 18.4 Å². The number of rotatable bonds is 12. The maximum Gasteiger partial charge on any atom is 0.331 e. The second-order valence-corrected chi connectivity index (χ2v) is 8.98. The van der Waals surface area contributed by atoms with Gasteiger partial charge in [-0.1, -0.05) is 19.0 Å². The van der Waals surface area contributed by atoms with Gasteiger partial charge in [0.15, 0.2) is 5.82 Å². The van der Waals surface area contributed by atoms with Crippen molar-refractivity contribution in [3.63, 3.8) is 0 Å². The standard InChI is InChI=1S/C26H36N4O7/c1-7-18(8-2)36-22-12-17(26(32)33)9-19(24(22)28-15(4)31)27-13-23-29-25(37-30-23)16-10-20(34-5)14(3)21(11-16)35-6/h10-12,18-19,22,24,27H,7-9,13H2,1-6H3,(H,28,31)(H,32,33)/t19-,22+,24+/m0/s1. The lowest BCUT2D eigenvalue weighted by Gasteiger charge is -2.38. The number of carbonyl (C=O) groups excluding carboxylic acids is 1. The van der Waals surface area contributed by atoms with Crippen LogP contribution in [0.5, 0.6) is 11.5 Å². The Hall–Kier alpha value is -3.44. The summed E-state index contributed by atoms with van der Waals surface area (Å²) in [6.07, 6.45) is 2.68. The molecule has 3 rings (SSSR count). The van der Waals surface area contributed by atoms with Gasteiger partial charge in [-0.15, -0.1) is 0 Å². The molecule has 1 heterocycles. The summed E-state index contributed by atoms with van der Waals surface area (Å²) in [6.45, 7) is 7.52. The van der Waals surface area contributed by atoms with Crippen LogP contribution in [0.2, 0.25) is 0 Å². The lowest BCUT2D eigenvalue weighted by atomic mass is 9.87. The summed E-state index contributed by atoms with van der Waals surface area (Å²) < 4.78 is 22.5. The third-order valence-corrected chi connectivity index (χ3v) is 6.49. The summed E-state index contributed by atoms with van der Waals surface area (Å²) >= 11 is 0. The van der Waals surface area contributed by atoms with Crippen molar-refractivity contribution in [1.82, 2.24) is 20.8 Å². The highest BCUT2D eigenvalue weighted by molar-refractivity contribution is 5.87. The summed E-state index contributed by atoms with van der Waals surface area (Å²) in [5.41, 5.74) is 1.72. The quantitative estimate of drug-likeness (QED) is 0.385. The van der Waals surface area contributed by atoms with Crippen LogP contribution in [-0.2, 0) is 20.9 Å². The van der Waals surface area contributed by atoms with Gasteiger partial charge in [0.25, 0.3) is 5.89 Å². The van der Waals surface area contributed by atoms with Crippen molar-refractivity contribution in [2.24, 2.45) is 0 Å². The Bertz CT molecular complexity index is 1100. The number of benzene rings is 1. The third kappa shape index (κ3) is 6.86. The molecular formula is C26H36N4O7. The van der Waals surface area contributed by atoms with Gasteiger partial charge in [-0.25, -0.2) is 4.79 Å². The van der Waals surface area contributed by atoms with E-state index in [4.69, 9.17) is 18.7 Å². The molecule has 11 heteroatoms. The lowest BCUT2D eigenvalue weighted by Crippen LogP contribution is -2.58. The van der Waals surface area contributed by atoms with E-state index < -0.39 is 24.2 Å². The predicted molar refractivity (Wildman–Crippen MR) is 135 cm³/mol. The van der Waals surface area contributed by atoms with Crippen molar-refractivity contribution >= 4 is 11.9 Å². The third-order valence-electron chi connectivity index (χ3n) is 6.49. The predicted octanol–water partition coefficient (Wildman–Crippen LogP) is 3.01. The van der Waals surface area contributed by atoms with Gasteiger partial charge in [-0.2, -0.15) is 4.98 Å². The zero-order valence-corrected chi connectivity index (χ0v) is 22.2. The van der Waals surface area contributed by atoms with E-state index in [0.29, 0.717) is 22.9 Å². The first-order valence-corrected chi connectivity index (χ1v) is 12.4. The van der Waals surface area contributed by atoms with E-state index in [2.05, 4.69) is 20.8 Å². The number of ether oxygens (including phenoxy) is 3. The minimum Gasteiger partial charge on any atom is -0.496 e. The molecule has 0 saturated heterocycles. The number of methoxy groups -OCH3 is 2. The summed E-state index contributed by atoms with van der Waals surface area (Å²) in [7, 11) is 3.15. The summed E-state index contributed by atoms with van der Waals surface area (Å²) in [4.78, 5) is 28.4. The molecule has 1 aliphatic carbocycles. The molecule has 202 valence electrons. The fraction of sp³-hybridized carbons (Fsp3) is 0.538. The zero-order chi connectivity index (χ0) is 27.1. The molecule has 0 unspecified atom stereocenters. The highest BCUT2D eigenvalue weighted by Crippen LogP contribution is 2.33. The van der Waals surface area contributed by atoms with E-state index in [-0.39, 0.29) is 36.4 Å². The fourth-order valence-corrected chi connectivity index (χ4v) is 4.44. The molecule has 3 atom stereocenters. The number of carboxylic acids is 1. The Labute approximate surface area is 216 Å². The highest BCUT2D eigenvalue weighted by Gasteiger charge is 2.37. The second-order valence-electron chi connectivity index (χ2n) is 8.98. The van der Waals surface area contributed by atoms with Gasteiger partial charge >= 0.3 is 5.97 Å². The molecule has 0 bridgehead atoms. The maximum absolute atomic E-state index is 12.0. The Balaban J connectivity index is 1.82. The number of hydrogen-bond donors (Lipinski definition) is 3. The van der Waals surface area contributed by atoms with Crippen molar-refractivity contribution in [3.8, 4) is 23.0 Å². The van der Waals surface area contributed by atoms with Crippen molar-refractivity contribution < 1.29 is 33.4 Å². The molecule has 0 fully saturated rings. The molecule has 0 aliphatic heterocycles. The Morgan fingerprint density at radius 2 is 1.84 bits per heavy atom. The van der Waals surface area contributed by atoms with Crippen LogP contribution in [-0.4, -0.2) is 65.6 Å². The Morgan fingerprint density at radius 3 is 2.38 bits per heavy atom. The number of hydrogen-bond acceptors (Lipinski definition) is 9. The second kappa shape index (κ2) is 12.7. The number of carboxylic acid groups (broad SMARTS) is 1. The Kier molecular flexibility index (Phi) is 9.65. The molecule has 1 aromatic carbocycles. The van der Waals surface area contributed by atoms with Crippen molar-refractivity contribution in [1.29, 1.82) is 0 Å². The zero-order valence-electron chi connectivity index (χ0n) is 22.2. The fourth-order valence-electron chi connectivity index (χ4n) is 4.44. The Morgan fingerprint density at radius 1 is 1.19 bits per heavy atom. The molecule has 1 amide bonds. The van der Waals surface area contributed by atoms with Crippen molar-refractivity contribution in [3.05, 3.63) is 35.2 Å². The minimum atomic E-state index is -1.02. The van der Waals surface area contributed by atoms with E-state index in [1.807, 2.05) is 20.8 Å². The summed E-state index contributed by atoms with van der Waals surface area (Å²) in [5.74, 6) is 0.671. The van der Waals surface area contributed by atoms with Gasteiger partial charge < -0.3 is 34.5 Å². The first-order chi connectivity index (χ1) is 17.7. The van der Waals surface area contributed by atoms with Crippen LogP contribution < -0.4 is 20.1 Å². The van der Waals surface area contributed by atoms with Crippen LogP contribution in [0, 0.1) is 6.92 Å². The lowest BCUT2D eigenvalue weighted by molar-refractivity contribution is -0.133. The van der Waals surface area contributed by atoms with Gasteiger partial charge in [0.1, 0.15) is 11.5 Å². The minimum absolute atomic E-state index is 0.0606. The average molecular weight is 517 g/mol. The van der Waals surface area contributed by atoms with Crippen LogP contribution in [0.25, 0.3) is 11.5 Å². The number of nitrogens with one attached hydrogen (secondary N) is 2. The van der Waals surface area contributed by atoms with Crippen LogP contribution in [0.1, 0.15) is 51.4 Å². The number of amides is 1. The molecule has 2 aromatic rings. The summed E-state index contributed by atoms with van der Waals surface area (Å²) in [6, 6.07) is 2.68. The molecule has 3 N–H and O–H groups in total. The first kappa shape index (κ1) is 28.1. The molecule has 11 nitrogen and oxygen atoms in total. The van der Waals surface area contributed by atoms with Gasteiger partial charge in [-0.3, -0.25) is 4.79 Å². The number of aliphatic carboxylic acids is 1. The average Bonchev–Trinajstić information content (AvgIpc) is 3.35. The van der Waals surface area contributed by atoms with E-state index in [9.17, 15) is 14.7 Å². The number of aromatic nitrogens is 2. The number of nitrogens with zero attached hydrogens (tertiary/aromatic N) is 2. The number of carbonyl (C=O) groups is 2. The molecule has 37 heavy (non-hydrogen) atoms. The topological polar surface area (TPSA) is 145 Å².